The Morgan fingerprint density at radius 1 is 1.35 bits per heavy atom. The van der Waals surface area contributed by atoms with E-state index in [2.05, 4.69) is 18.1 Å². The van der Waals surface area contributed by atoms with Crippen LogP contribution in [-0.4, -0.2) is 22.4 Å². The molecule has 0 radical (unpaired) electrons. The molecule has 20 heavy (non-hydrogen) atoms. The third kappa shape index (κ3) is 4.10. The van der Waals surface area contributed by atoms with E-state index in [0.717, 1.165) is 25.0 Å². The number of nitrogens with two attached hydrogens (primary N) is 1. The van der Waals surface area contributed by atoms with E-state index in [-0.39, 0.29) is 6.04 Å². The molecule has 0 aliphatic carbocycles. The zero-order valence-corrected chi connectivity index (χ0v) is 12.2. The fourth-order valence-electron chi connectivity index (χ4n) is 2.12. The first kappa shape index (κ1) is 14.6. The Kier molecular flexibility index (Phi) is 5.18. The summed E-state index contributed by atoms with van der Waals surface area (Å²) in [6.45, 7) is 2.76. The summed E-state index contributed by atoms with van der Waals surface area (Å²) < 4.78 is 7.71. The summed E-state index contributed by atoms with van der Waals surface area (Å²) >= 11 is 0. The molecule has 4 nitrogen and oxygen atoms in total. The van der Waals surface area contributed by atoms with E-state index in [1.165, 1.54) is 11.1 Å². The molecule has 2 N–H and O–H groups in total. The van der Waals surface area contributed by atoms with Gasteiger partial charge in [-0.3, -0.25) is 4.68 Å². The number of aromatic nitrogens is 2. The lowest BCUT2D eigenvalue weighted by Gasteiger charge is -2.14. The average molecular weight is 273 g/mol. The number of hydrogen-bond donors (Lipinski definition) is 1. The second-order valence-corrected chi connectivity index (χ2v) is 5.10. The average Bonchev–Trinajstić information content (AvgIpc) is 2.86. The highest BCUT2D eigenvalue weighted by atomic mass is 16.5. The molecule has 1 atom stereocenters. The van der Waals surface area contributed by atoms with Gasteiger partial charge in [0, 0.05) is 25.7 Å². The van der Waals surface area contributed by atoms with Gasteiger partial charge in [-0.15, -0.1) is 0 Å². The van der Waals surface area contributed by atoms with Crippen molar-refractivity contribution in [2.45, 2.75) is 32.2 Å². The van der Waals surface area contributed by atoms with Crippen LogP contribution in [0.3, 0.4) is 0 Å². The van der Waals surface area contributed by atoms with Crippen LogP contribution in [-0.2, 0) is 19.9 Å². The first-order valence-electron chi connectivity index (χ1n) is 7.13. The van der Waals surface area contributed by atoms with Crippen molar-refractivity contribution in [2.75, 3.05) is 6.61 Å². The van der Waals surface area contributed by atoms with E-state index in [1.54, 1.807) is 0 Å². The van der Waals surface area contributed by atoms with Crippen LogP contribution < -0.4 is 10.5 Å². The topological polar surface area (TPSA) is 53.1 Å². The third-order valence-electron chi connectivity index (χ3n) is 3.39. The summed E-state index contributed by atoms with van der Waals surface area (Å²) in [5.74, 6) is 0.945. The molecule has 2 aromatic rings. The zero-order chi connectivity index (χ0) is 14.4. The van der Waals surface area contributed by atoms with Crippen LogP contribution >= 0.6 is 0 Å². The van der Waals surface area contributed by atoms with Gasteiger partial charge >= 0.3 is 0 Å². The van der Waals surface area contributed by atoms with E-state index in [9.17, 15) is 0 Å². The van der Waals surface area contributed by atoms with E-state index in [4.69, 9.17) is 10.5 Å². The molecule has 1 aromatic carbocycles. The number of hydrogen-bond acceptors (Lipinski definition) is 3. The van der Waals surface area contributed by atoms with Crippen LogP contribution in [0.15, 0.2) is 36.7 Å². The van der Waals surface area contributed by atoms with E-state index >= 15 is 0 Å². The summed E-state index contributed by atoms with van der Waals surface area (Å²) in [7, 11) is 1.92. The SMILES string of the molecule is CCC(N)Cc1ccccc1OCCc1cnn(C)c1. The highest BCUT2D eigenvalue weighted by Gasteiger charge is 2.07. The van der Waals surface area contributed by atoms with Crippen molar-refractivity contribution >= 4 is 0 Å². The van der Waals surface area contributed by atoms with Crippen LogP contribution in [0.2, 0.25) is 0 Å². The molecule has 0 saturated heterocycles. The highest BCUT2D eigenvalue weighted by Crippen LogP contribution is 2.20. The van der Waals surface area contributed by atoms with Gasteiger partial charge in [-0.05, 0) is 30.0 Å². The molecule has 4 heteroatoms. The summed E-state index contributed by atoms with van der Waals surface area (Å²) in [5.41, 5.74) is 8.41. The molecule has 1 aromatic heterocycles. The lowest BCUT2D eigenvalue weighted by molar-refractivity contribution is 0.317. The largest absolute Gasteiger partial charge is 0.493 e. The van der Waals surface area contributed by atoms with Crippen LogP contribution in [0.25, 0.3) is 0 Å². The maximum Gasteiger partial charge on any atom is 0.122 e. The number of para-hydroxylation sites is 1. The highest BCUT2D eigenvalue weighted by molar-refractivity contribution is 5.34. The van der Waals surface area contributed by atoms with Crippen LogP contribution in [0.1, 0.15) is 24.5 Å². The van der Waals surface area contributed by atoms with Crippen molar-refractivity contribution in [3.05, 3.63) is 47.8 Å². The molecule has 0 spiro atoms. The number of nitrogens with zero attached hydrogens (tertiary/aromatic N) is 2. The second-order valence-electron chi connectivity index (χ2n) is 5.10. The van der Waals surface area contributed by atoms with E-state index < -0.39 is 0 Å². The van der Waals surface area contributed by atoms with Crippen molar-refractivity contribution in [1.82, 2.24) is 9.78 Å². The van der Waals surface area contributed by atoms with Crippen LogP contribution in [0.5, 0.6) is 5.75 Å². The van der Waals surface area contributed by atoms with Gasteiger partial charge in [0.15, 0.2) is 0 Å². The Labute approximate surface area is 120 Å². The Bertz CT molecular complexity index is 536. The molecular formula is C16H23N3O. The Morgan fingerprint density at radius 2 is 2.15 bits per heavy atom. The fraction of sp³-hybridized carbons (Fsp3) is 0.438. The molecule has 2 rings (SSSR count). The molecule has 1 heterocycles. The minimum absolute atomic E-state index is 0.193. The first-order valence-corrected chi connectivity index (χ1v) is 7.13. The second kappa shape index (κ2) is 7.10. The molecule has 0 aliphatic rings. The van der Waals surface area contributed by atoms with Crippen LogP contribution in [0.4, 0.5) is 0 Å². The maximum absolute atomic E-state index is 6.03. The zero-order valence-electron chi connectivity index (χ0n) is 12.2. The van der Waals surface area contributed by atoms with Gasteiger partial charge in [0.2, 0.25) is 0 Å². The number of ether oxygens (including phenoxy) is 1. The summed E-state index contributed by atoms with van der Waals surface area (Å²) in [4.78, 5) is 0. The standard InChI is InChI=1S/C16H23N3O/c1-3-15(17)10-14-6-4-5-7-16(14)20-9-8-13-11-18-19(2)12-13/h4-7,11-12,15H,3,8-10,17H2,1-2H3. The predicted molar refractivity (Wildman–Crippen MR) is 80.8 cm³/mol. The molecule has 0 saturated carbocycles. The molecular weight excluding hydrogens is 250 g/mol. The van der Waals surface area contributed by atoms with Gasteiger partial charge in [0.25, 0.3) is 0 Å². The van der Waals surface area contributed by atoms with E-state index in [1.807, 2.05) is 42.3 Å². The molecule has 0 aliphatic heterocycles. The quantitative estimate of drug-likeness (QED) is 0.842. The molecule has 0 amide bonds. The normalized spacial score (nSPS) is 12.3. The van der Waals surface area contributed by atoms with E-state index in [0.29, 0.717) is 6.61 Å². The molecule has 0 bridgehead atoms. The first-order chi connectivity index (χ1) is 9.69. The summed E-state index contributed by atoms with van der Waals surface area (Å²) in [6, 6.07) is 8.33. The lowest BCUT2D eigenvalue weighted by atomic mass is 10.0. The minimum Gasteiger partial charge on any atom is -0.493 e. The van der Waals surface area contributed by atoms with Crippen molar-refractivity contribution in [3.8, 4) is 5.75 Å². The molecule has 0 fully saturated rings. The molecule has 1 unspecified atom stereocenters. The van der Waals surface area contributed by atoms with Gasteiger partial charge < -0.3 is 10.5 Å². The van der Waals surface area contributed by atoms with Gasteiger partial charge in [-0.1, -0.05) is 25.1 Å². The van der Waals surface area contributed by atoms with Gasteiger partial charge in [0.1, 0.15) is 5.75 Å². The fourth-order valence-corrected chi connectivity index (χ4v) is 2.12. The molecule has 108 valence electrons. The number of rotatable bonds is 7. The Morgan fingerprint density at radius 3 is 2.85 bits per heavy atom. The van der Waals surface area contributed by atoms with Crippen molar-refractivity contribution in [1.29, 1.82) is 0 Å². The predicted octanol–water partition coefficient (Wildman–Crippen LogP) is 2.32. The van der Waals surface area contributed by atoms with Crippen molar-refractivity contribution in [2.24, 2.45) is 12.8 Å². The smallest absolute Gasteiger partial charge is 0.122 e. The number of aryl methyl sites for hydroxylation is 1. The van der Waals surface area contributed by atoms with Gasteiger partial charge in [-0.2, -0.15) is 5.10 Å². The Hall–Kier alpha value is -1.81. The number of benzene rings is 1. The minimum atomic E-state index is 0.193. The van der Waals surface area contributed by atoms with Crippen LogP contribution in [0, 0.1) is 0 Å². The monoisotopic (exact) mass is 273 g/mol. The van der Waals surface area contributed by atoms with Crippen molar-refractivity contribution in [3.63, 3.8) is 0 Å². The van der Waals surface area contributed by atoms with Gasteiger partial charge in [0.05, 0.1) is 12.8 Å². The lowest BCUT2D eigenvalue weighted by Crippen LogP contribution is -2.21. The Balaban J connectivity index is 1.91. The maximum atomic E-state index is 6.03. The van der Waals surface area contributed by atoms with Gasteiger partial charge in [-0.25, -0.2) is 0 Å². The third-order valence-corrected chi connectivity index (χ3v) is 3.39. The van der Waals surface area contributed by atoms with Crippen molar-refractivity contribution < 1.29 is 4.74 Å². The summed E-state index contributed by atoms with van der Waals surface area (Å²) in [6.07, 6.45) is 6.59. The summed E-state index contributed by atoms with van der Waals surface area (Å²) in [5, 5.41) is 4.15.